The van der Waals surface area contributed by atoms with E-state index in [9.17, 15) is 9.59 Å². The van der Waals surface area contributed by atoms with Gasteiger partial charge in [-0.1, -0.05) is 6.07 Å². The Labute approximate surface area is 147 Å². The van der Waals surface area contributed by atoms with E-state index in [0.29, 0.717) is 19.8 Å². The molecule has 1 N–H and O–H groups in total. The standard InChI is InChI=1S/C18H25N3O4/c1-13(22)20-10-18(23)21-9-7-17-16(21)6-5-15(25-17)12-24-11-14-4-2-3-8-19-14/h2-4,8,15-17H,5-7,9-12H2,1H3,(H,20,22)/t15-,16?,17?/m0/s1. The van der Waals surface area contributed by atoms with E-state index in [0.717, 1.165) is 25.0 Å². The average Bonchev–Trinajstić information content (AvgIpc) is 3.04. The van der Waals surface area contributed by atoms with E-state index in [1.807, 2.05) is 23.1 Å². The molecular formula is C18H25N3O4. The van der Waals surface area contributed by atoms with Crippen LogP contribution < -0.4 is 5.32 Å². The Hall–Kier alpha value is -1.99. The number of likely N-dealkylation sites (tertiary alicyclic amines) is 1. The van der Waals surface area contributed by atoms with Gasteiger partial charge in [0.15, 0.2) is 0 Å². The van der Waals surface area contributed by atoms with Crippen molar-refractivity contribution >= 4 is 11.8 Å². The lowest BCUT2D eigenvalue weighted by atomic mass is 9.99. The van der Waals surface area contributed by atoms with Gasteiger partial charge in [0.25, 0.3) is 0 Å². The van der Waals surface area contributed by atoms with Gasteiger partial charge in [-0.05, 0) is 31.4 Å². The molecule has 7 nitrogen and oxygen atoms in total. The van der Waals surface area contributed by atoms with Crippen LogP contribution in [0.15, 0.2) is 24.4 Å². The third-order valence-electron chi connectivity index (χ3n) is 4.72. The number of rotatable bonds is 6. The normalized spacial score (nSPS) is 25.5. The Morgan fingerprint density at radius 1 is 1.36 bits per heavy atom. The smallest absolute Gasteiger partial charge is 0.242 e. The molecule has 0 bridgehead atoms. The molecule has 2 aliphatic rings. The molecule has 2 amide bonds. The zero-order valence-corrected chi connectivity index (χ0v) is 14.5. The number of carbonyl (C=O) groups excluding carboxylic acids is 2. The average molecular weight is 347 g/mol. The van der Waals surface area contributed by atoms with Gasteiger partial charge in [-0.15, -0.1) is 0 Å². The van der Waals surface area contributed by atoms with Crippen molar-refractivity contribution in [3.63, 3.8) is 0 Å². The number of amides is 2. The molecule has 1 aromatic heterocycles. The SMILES string of the molecule is CC(=O)NCC(=O)N1CCC2O[C@H](COCc3ccccn3)CCC21. The number of fused-ring (bicyclic) bond motifs is 1. The Balaban J connectivity index is 1.42. The van der Waals surface area contributed by atoms with E-state index in [2.05, 4.69) is 10.3 Å². The third-order valence-corrected chi connectivity index (χ3v) is 4.72. The highest BCUT2D eigenvalue weighted by Gasteiger charge is 2.41. The summed E-state index contributed by atoms with van der Waals surface area (Å²) in [5.41, 5.74) is 0.909. The van der Waals surface area contributed by atoms with Crippen LogP contribution in [0.1, 0.15) is 31.9 Å². The minimum absolute atomic E-state index is 0.0313. The first-order valence-electron chi connectivity index (χ1n) is 8.80. The number of aromatic nitrogens is 1. The maximum Gasteiger partial charge on any atom is 0.242 e. The van der Waals surface area contributed by atoms with E-state index in [4.69, 9.17) is 9.47 Å². The van der Waals surface area contributed by atoms with Crippen molar-refractivity contribution < 1.29 is 19.1 Å². The molecule has 3 heterocycles. The van der Waals surface area contributed by atoms with E-state index in [1.165, 1.54) is 6.92 Å². The van der Waals surface area contributed by atoms with Crippen LogP contribution in [-0.4, -0.2) is 59.6 Å². The molecule has 0 radical (unpaired) electrons. The molecule has 3 rings (SSSR count). The summed E-state index contributed by atoms with van der Waals surface area (Å²) in [5, 5.41) is 2.57. The van der Waals surface area contributed by atoms with Gasteiger partial charge in [-0.3, -0.25) is 14.6 Å². The molecule has 7 heteroatoms. The summed E-state index contributed by atoms with van der Waals surface area (Å²) in [6.45, 7) is 3.19. The molecule has 25 heavy (non-hydrogen) atoms. The van der Waals surface area contributed by atoms with E-state index < -0.39 is 0 Å². The maximum absolute atomic E-state index is 12.2. The fourth-order valence-electron chi connectivity index (χ4n) is 3.51. The van der Waals surface area contributed by atoms with Crippen molar-refractivity contribution in [3.05, 3.63) is 30.1 Å². The number of nitrogens with zero attached hydrogens (tertiary/aromatic N) is 2. The molecule has 0 spiro atoms. The zero-order chi connectivity index (χ0) is 17.6. The molecule has 2 saturated heterocycles. The highest BCUT2D eigenvalue weighted by atomic mass is 16.5. The van der Waals surface area contributed by atoms with Crippen molar-refractivity contribution in [2.75, 3.05) is 19.7 Å². The predicted molar refractivity (Wildman–Crippen MR) is 90.6 cm³/mol. The molecule has 0 aliphatic carbocycles. The molecule has 1 aromatic rings. The van der Waals surface area contributed by atoms with Gasteiger partial charge < -0.3 is 19.7 Å². The summed E-state index contributed by atoms with van der Waals surface area (Å²) in [6, 6.07) is 5.88. The van der Waals surface area contributed by atoms with Crippen LogP contribution in [0.4, 0.5) is 0 Å². The van der Waals surface area contributed by atoms with Crippen LogP contribution in [0.3, 0.4) is 0 Å². The second-order valence-corrected chi connectivity index (χ2v) is 6.56. The lowest BCUT2D eigenvalue weighted by Gasteiger charge is -2.35. The predicted octanol–water partition coefficient (Wildman–Crippen LogP) is 0.883. The first-order chi connectivity index (χ1) is 12.1. The number of pyridine rings is 1. The number of ether oxygens (including phenoxy) is 2. The van der Waals surface area contributed by atoms with Gasteiger partial charge in [0.05, 0.1) is 43.7 Å². The van der Waals surface area contributed by atoms with Crippen LogP contribution in [-0.2, 0) is 25.7 Å². The minimum atomic E-state index is -0.186. The first-order valence-corrected chi connectivity index (χ1v) is 8.80. The fraction of sp³-hybridized carbons (Fsp3) is 0.611. The highest BCUT2D eigenvalue weighted by Crippen LogP contribution is 2.31. The topological polar surface area (TPSA) is 80.8 Å². The van der Waals surface area contributed by atoms with Crippen LogP contribution in [0.25, 0.3) is 0 Å². The van der Waals surface area contributed by atoms with Crippen molar-refractivity contribution in [1.82, 2.24) is 15.2 Å². The monoisotopic (exact) mass is 347 g/mol. The number of carbonyl (C=O) groups is 2. The van der Waals surface area contributed by atoms with Crippen molar-refractivity contribution in [2.45, 2.75) is 51.0 Å². The van der Waals surface area contributed by atoms with Gasteiger partial charge in [-0.2, -0.15) is 0 Å². The Morgan fingerprint density at radius 3 is 3.00 bits per heavy atom. The van der Waals surface area contributed by atoms with Crippen LogP contribution in [0.2, 0.25) is 0 Å². The summed E-state index contributed by atoms with van der Waals surface area (Å²) >= 11 is 0. The Morgan fingerprint density at radius 2 is 2.24 bits per heavy atom. The molecule has 2 aliphatic heterocycles. The molecule has 0 aromatic carbocycles. The van der Waals surface area contributed by atoms with Crippen LogP contribution >= 0.6 is 0 Å². The first kappa shape index (κ1) is 17.8. The van der Waals surface area contributed by atoms with Gasteiger partial charge >= 0.3 is 0 Å². The van der Waals surface area contributed by atoms with E-state index in [1.54, 1.807) is 6.20 Å². The summed E-state index contributed by atoms with van der Waals surface area (Å²) in [5.74, 6) is -0.217. The second-order valence-electron chi connectivity index (χ2n) is 6.56. The minimum Gasteiger partial charge on any atom is -0.372 e. The van der Waals surface area contributed by atoms with Crippen LogP contribution in [0, 0.1) is 0 Å². The van der Waals surface area contributed by atoms with Gasteiger partial charge in [0.1, 0.15) is 0 Å². The maximum atomic E-state index is 12.2. The second kappa shape index (κ2) is 8.40. The zero-order valence-electron chi connectivity index (χ0n) is 14.5. The highest BCUT2D eigenvalue weighted by molar-refractivity contribution is 5.84. The largest absolute Gasteiger partial charge is 0.372 e. The lowest BCUT2D eigenvalue weighted by molar-refractivity contribution is -0.139. The summed E-state index contributed by atoms with van der Waals surface area (Å²) in [7, 11) is 0. The third kappa shape index (κ3) is 4.76. The molecule has 2 fully saturated rings. The summed E-state index contributed by atoms with van der Waals surface area (Å²) in [4.78, 5) is 29.3. The van der Waals surface area contributed by atoms with Gasteiger partial charge in [0.2, 0.25) is 11.8 Å². The summed E-state index contributed by atoms with van der Waals surface area (Å²) < 4.78 is 11.9. The number of nitrogens with one attached hydrogen (secondary N) is 1. The van der Waals surface area contributed by atoms with Gasteiger partial charge in [0, 0.05) is 19.7 Å². The molecule has 0 saturated carbocycles. The Bertz CT molecular complexity index is 595. The summed E-state index contributed by atoms with van der Waals surface area (Å²) in [6.07, 6.45) is 4.51. The molecule has 2 unspecified atom stereocenters. The number of hydrogen-bond donors (Lipinski definition) is 1. The van der Waals surface area contributed by atoms with Crippen LogP contribution in [0.5, 0.6) is 0 Å². The van der Waals surface area contributed by atoms with Crippen molar-refractivity contribution in [1.29, 1.82) is 0 Å². The fourth-order valence-corrected chi connectivity index (χ4v) is 3.51. The molecular weight excluding hydrogens is 322 g/mol. The quantitative estimate of drug-likeness (QED) is 0.826. The van der Waals surface area contributed by atoms with Crippen molar-refractivity contribution in [2.24, 2.45) is 0 Å². The Kier molecular flexibility index (Phi) is 5.99. The molecule has 136 valence electrons. The lowest BCUT2D eigenvalue weighted by Crippen LogP contribution is -2.48. The van der Waals surface area contributed by atoms with Crippen molar-refractivity contribution in [3.8, 4) is 0 Å². The molecule has 3 atom stereocenters. The number of hydrogen-bond acceptors (Lipinski definition) is 5. The van der Waals surface area contributed by atoms with E-state index in [-0.39, 0.29) is 36.6 Å². The van der Waals surface area contributed by atoms with E-state index >= 15 is 0 Å². The van der Waals surface area contributed by atoms with Gasteiger partial charge in [-0.25, -0.2) is 0 Å².